The van der Waals surface area contributed by atoms with Crippen LogP contribution >= 0.6 is 0 Å². The van der Waals surface area contributed by atoms with Gasteiger partial charge in [-0.05, 0) is 65.2 Å². The van der Waals surface area contributed by atoms with Crippen molar-refractivity contribution in [2.45, 2.75) is 32.2 Å². The predicted molar refractivity (Wildman–Crippen MR) is 167 cm³/mol. The highest BCUT2D eigenvalue weighted by Crippen LogP contribution is 2.40. The number of carbonyl (C=O) groups is 2. The Bertz CT molecular complexity index is 1840. The maximum Gasteiger partial charge on any atom is 0.327 e. The number of aromatic nitrogens is 2. The Labute approximate surface area is 259 Å². The van der Waals surface area contributed by atoms with Gasteiger partial charge in [-0.1, -0.05) is 66.7 Å². The highest BCUT2D eigenvalue weighted by Gasteiger charge is 2.38. The van der Waals surface area contributed by atoms with Crippen molar-refractivity contribution in [3.8, 4) is 22.8 Å². The number of rotatable bonds is 11. The summed E-state index contributed by atoms with van der Waals surface area (Å²) in [4.78, 5) is 36.3. The van der Waals surface area contributed by atoms with Crippen LogP contribution in [-0.4, -0.2) is 28.8 Å². The number of fused-ring (bicyclic) bond motifs is 1. The number of amides is 1. The molecule has 0 spiro atoms. The van der Waals surface area contributed by atoms with E-state index in [9.17, 15) is 14.5 Å². The van der Waals surface area contributed by atoms with Crippen molar-refractivity contribution < 1.29 is 23.8 Å². The van der Waals surface area contributed by atoms with E-state index in [1.54, 1.807) is 24.3 Å². The van der Waals surface area contributed by atoms with Gasteiger partial charge in [-0.25, -0.2) is 4.68 Å². The maximum absolute atomic E-state index is 13.3. The molecule has 0 bridgehead atoms. The molecule has 10 nitrogen and oxygen atoms in total. The lowest BCUT2D eigenvalue weighted by atomic mass is 9.96. The third-order valence-electron chi connectivity index (χ3n) is 7.62. The second-order valence-corrected chi connectivity index (χ2v) is 10.6. The number of hydrogen-bond acceptors (Lipinski definition) is 8. The van der Waals surface area contributed by atoms with Crippen molar-refractivity contribution in [2.75, 3.05) is 7.11 Å². The van der Waals surface area contributed by atoms with Crippen molar-refractivity contribution in [1.29, 1.82) is 0 Å². The molecule has 0 radical (unpaired) electrons. The largest absolute Gasteiger partial charge is 0.489 e. The van der Waals surface area contributed by atoms with Gasteiger partial charge in [0, 0.05) is 11.1 Å². The molecule has 1 unspecified atom stereocenters. The molecule has 4 aromatic carbocycles. The number of nitrogens with zero attached hydrogens (tertiary/aromatic N) is 3. The Morgan fingerprint density at radius 1 is 0.956 bits per heavy atom. The molecule has 0 saturated carbocycles. The number of esters is 1. The molecule has 226 valence electrons. The molecule has 0 saturated heterocycles. The zero-order valence-corrected chi connectivity index (χ0v) is 24.7. The highest BCUT2D eigenvalue weighted by molar-refractivity contribution is 6.00. The SMILES string of the molecule is COC(=O)Cn1nc(-c2cccc(O[C@@H](C)c3ccccc3)c2)c2c1C(=O)NC2c1ccc(OCc2ccc(N=O)cc2)cc1. The normalized spacial score (nSPS) is 14.3. The number of methoxy groups -OCH3 is 1. The van der Waals surface area contributed by atoms with Crippen molar-refractivity contribution in [3.63, 3.8) is 0 Å². The number of nitroso groups, excluding NO2 is 1. The molecule has 0 aliphatic carbocycles. The third kappa shape index (κ3) is 6.30. The van der Waals surface area contributed by atoms with E-state index >= 15 is 0 Å². The second kappa shape index (κ2) is 12.8. The van der Waals surface area contributed by atoms with Crippen molar-refractivity contribution in [3.05, 3.63) is 136 Å². The van der Waals surface area contributed by atoms with Crippen LogP contribution in [0.15, 0.2) is 108 Å². The third-order valence-corrected chi connectivity index (χ3v) is 7.62. The molecule has 10 heteroatoms. The minimum absolute atomic E-state index is 0.187. The van der Waals surface area contributed by atoms with Gasteiger partial charge in [-0.15, -0.1) is 4.91 Å². The van der Waals surface area contributed by atoms with E-state index in [1.807, 2.05) is 85.8 Å². The van der Waals surface area contributed by atoms with Gasteiger partial charge in [0.25, 0.3) is 5.91 Å². The molecule has 6 rings (SSSR count). The first-order valence-corrected chi connectivity index (χ1v) is 14.4. The van der Waals surface area contributed by atoms with Crippen LogP contribution in [0.5, 0.6) is 11.5 Å². The fourth-order valence-corrected chi connectivity index (χ4v) is 5.31. The molecule has 1 amide bonds. The number of hydrogen-bond donors (Lipinski definition) is 1. The summed E-state index contributed by atoms with van der Waals surface area (Å²) in [5, 5.41) is 10.7. The summed E-state index contributed by atoms with van der Waals surface area (Å²) in [5.41, 5.74) is 5.38. The van der Waals surface area contributed by atoms with Crippen LogP contribution in [0.1, 0.15) is 51.8 Å². The lowest BCUT2D eigenvalue weighted by molar-refractivity contribution is -0.141. The fourth-order valence-electron chi connectivity index (χ4n) is 5.31. The average Bonchev–Trinajstić information content (AvgIpc) is 3.62. The van der Waals surface area contributed by atoms with Crippen LogP contribution in [0, 0.1) is 4.91 Å². The van der Waals surface area contributed by atoms with Crippen molar-refractivity contribution >= 4 is 17.6 Å². The van der Waals surface area contributed by atoms with Crippen LogP contribution < -0.4 is 14.8 Å². The molecule has 5 aromatic rings. The van der Waals surface area contributed by atoms with Crippen LogP contribution in [0.3, 0.4) is 0 Å². The molecular formula is C35H30N4O6. The van der Waals surface area contributed by atoms with Crippen LogP contribution in [-0.2, 0) is 22.7 Å². The molecule has 2 atom stereocenters. The standard InChI is InChI=1S/C35H30N4O6/c1-22(24-7-4-3-5-8-24)45-29-10-6-9-26(19-29)33-31-32(36-35(41)34(31)39(37-33)20-30(40)43-2)25-13-17-28(18-14-25)44-21-23-11-15-27(38-42)16-12-23/h3-19,22,32H,20-21H2,1-2H3,(H,36,41)/t22-,32?/m0/s1. The topological polar surface area (TPSA) is 121 Å². The summed E-state index contributed by atoms with van der Waals surface area (Å²) in [6.45, 7) is 2.09. The number of benzene rings is 4. The van der Waals surface area contributed by atoms with Gasteiger partial charge >= 0.3 is 5.97 Å². The number of ether oxygens (including phenoxy) is 3. The first-order chi connectivity index (χ1) is 21.9. The van der Waals surface area contributed by atoms with Crippen LogP contribution in [0.2, 0.25) is 0 Å². The van der Waals surface area contributed by atoms with E-state index in [4.69, 9.17) is 19.3 Å². The van der Waals surface area contributed by atoms with E-state index < -0.39 is 12.0 Å². The average molecular weight is 603 g/mol. The quantitative estimate of drug-likeness (QED) is 0.132. The van der Waals surface area contributed by atoms with E-state index in [0.29, 0.717) is 40.7 Å². The highest BCUT2D eigenvalue weighted by atomic mass is 16.5. The van der Waals surface area contributed by atoms with Crippen LogP contribution in [0.4, 0.5) is 5.69 Å². The van der Waals surface area contributed by atoms with Gasteiger partial charge in [0.2, 0.25) is 0 Å². The summed E-state index contributed by atoms with van der Waals surface area (Å²) < 4.78 is 18.5. The minimum atomic E-state index is -0.518. The summed E-state index contributed by atoms with van der Waals surface area (Å²) in [6.07, 6.45) is -0.187. The summed E-state index contributed by atoms with van der Waals surface area (Å²) in [7, 11) is 1.30. The lowest BCUT2D eigenvalue weighted by Gasteiger charge is -2.17. The molecule has 1 N–H and O–H groups in total. The smallest absolute Gasteiger partial charge is 0.327 e. The van der Waals surface area contributed by atoms with Crippen molar-refractivity contribution in [1.82, 2.24) is 15.1 Å². The summed E-state index contributed by atoms with van der Waals surface area (Å²) >= 11 is 0. The minimum Gasteiger partial charge on any atom is -0.489 e. The zero-order chi connectivity index (χ0) is 31.3. The Balaban J connectivity index is 1.29. The van der Waals surface area contributed by atoms with E-state index in [1.165, 1.54) is 11.8 Å². The van der Waals surface area contributed by atoms with Gasteiger partial charge in [0.05, 0.1) is 18.8 Å². The molecule has 1 aliphatic rings. The molecule has 2 heterocycles. The van der Waals surface area contributed by atoms with E-state index in [0.717, 1.165) is 22.3 Å². The van der Waals surface area contributed by atoms with Gasteiger partial charge in [-0.3, -0.25) is 9.59 Å². The predicted octanol–water partition coefficient (Wildman–Crippen LogP) is 6.67. The Hall–Kier alpha value is -5.77. The van der Waals surface area contributed by atoms with Gasteiger partial charge < -0.3 is 19.5 Å². The van der Waals surface area contributed by atoms with Gasteiger partial charge in [-0.2, -0.15) is 5.10 Å². The summed E-state index contributed by atoms with van der Waals surface area (Å²) in [6, 6.07) is 31.2. The monoisotopic (exact) mass is 602 g/mol. The molecular weight excluding hydrogens is 572 g/mol. The zero-order valence-electron chi connectivity index (χ0n) is 24.7. The molecule has 1 aromatic heterocycles. The van der Waals surface area contributed by atoms with Crippen molar-refractivity contribution in [2.24, 2.45) is 5.18 Å². The number of nitrogens with one attached hydrogen (secondary N) is 1. The first kappa shape index (κ1) is 29.3. The second-order valence-electron chi connectivity index (χ2n) is 10.6. The fraction of sp³-hybridized carbons (Fsp3) is 0.171. The molecule has 0 fully saturated rings. The Morgan fingerprint density at radius 2 is 1.71 bits per heavy atom. The Morgan fingerprint density at radius 3 is 2.42 bits per heavy atom. The van der Waals surface area contributed by atoms with Gasteiger partial charge in [0.1, 0.15) is 42.1 Å². The van der Waals surface area contributed by atoms with Gasteiger partial charge in [0.15, 0.2) is 0 Å². The van der Waals surface area contributed by atoms with Crippen LogP contribution in [0.25, 0.3) is 11.3 Å². The van der Waals surface area contributed by atoms with E-state index in [2.05, 4.69) is 10.5 Å². The summed E-state index contributed by atoms with van der Waals surface area (Å²) in [5.74, 6) is 0.430. The molecule has 45 heavy (non-hydrogen) atoms. The van der Waals surface area contributed by atoms with E-state index in [-0.39, 0.29) is 18.6 Å². The maximum atomic E-state index is 13.3. The number of carbonyl (C=O) groups excluding carboxylic acids is 2. The lowest BCUT2D eigenvalue weighted by Crippen LogP contribution is -2.24. The molecule has 1 aliphatic heterocycles. The Kier molecular flexibility index (Phi) is 8.37. The first-order valence-electron chi connectivity index (χ1n) is 14.4.